The molecule has 0 bridgehead atoms. The van der Waals surface area contributed by atoms with E-state index < -0.39 is 5.41 Å². The van der Waals surface area contributed by atoms with Crippen LogP contribution >= 0.6 is 0 Å². The smallest absolute Gasteiger partial charge is 0.137 e. The second-order valence-corrected chi connectivity index (χ2v) is 14.8. The van der Waals surface area contributed by atoms with Crippen molar-refractivity contribution in [1.82, 2.24) is 0 Å². The Bertz CT molecular complexity index is 3090. The third-order valence-corrected chi connectivity index (χ3v) is 12.1. The molecule has 0 atom stereocenters. The summed E-state index contributed by atoms with van der Waals surface area (Å²) >= 11 is 0. The van der Waals surface area contributed by atoms with Crippen molar-refractivity contribution in [2.24, 2.45) is 0 Å². The largest absolute Gasteiger partial charge is 0.456 e. The van der Waals surface area contributed by atoms with Gasteiger partial charge in [-0.15, -0.1) is 0 Å². The van der Waals surface area contributed by atoms with E-state index in [-0.39, 0.29) is 0 Å². The summed E-state index contributed by atoms with van der Waals surface area (Å²) in [6.45, 7) is 0. The fourth-order valence-corrected chi connectivity index (χ4v) is 9.78. The Labute approximate surface area is 319 Å². The van der Waals surface area contributed by atoms with Gasteiger partial charge in [0.15, 0.2) is 0 Å². The lowest BCUT2D eigenvalue weighted by Crippen LogP contribution is -2.26. The van der Waals surface area contributed by atoms with Gasteiger partial charge in [0.25, 0.3) is 0 Å². The number of hydrogen-bond donors (Lipinski definition) is 0. The van der Waals surface area contributed by atoms with Gasteiger partial charge in [-0.2, -0.15) is 0 Å². The number of furan rings is 1. The summed E-state index contributed by atoms with van der Waals surface area (Å²) in [4.78, 5) is 2.39. The molecule has 12 rings (SSSR count). The van der Waals surface area contributed by atoms with Gasteiger partial charge in [-0.3, -0.25) is 0 Å². The van der Waals surface area contributed by atoms with Gasteiger partial charge in [0.2, 0.25) is 0 Å². The third kappa shape index (κ3) is 4.19. The topological polar surface area (TPSA) is 16.4 Å². The second-order valence-electron chi connectivity index (χ2n) is 14.8. The van der Waals surface area contributed by atoms with Crippen LogP contribution in [0.4, 0.5) is 17.1 Å². The van der Waals surface area contributed by atoms with Crippen molar-refractivity contribution in [1.29, 1.82) is 0 Å². The molecule has 2 heteroatoms. The molecule has 2 aliphatic carbocycles. The fourth-order valence-electron chi connectivity index (χ4n) is 9.78. The van der Waals surface area contributed by atoms with Crippen LogP contribution in [0.5, 0.6) is 0 Å². The maximum absolute atomic E-state index is 6.64. The molecule has 1 aromatic heterocycles. The molecule has 0 amide bonds. The van der Waals surface area contributed by atoms with Crippen LogP contribution in [0.15, 0.2) is 205 Å². The zero-order chi connectivity index (χ0) is 36.1. The van der Waals surface area contributed by atoms with Gasteiger partial charge in [0, 0.05) is 33.9 Å². The molecule has 1 heterocycles. The molecule has 0 saturated carbocycles. The molecule has 2 aliphatic rings. The van der Waals surface area contributed by atoms with Crippen molar-refractivity contribution in [3.05, 3.63) is 222 Å². The van der Waals surface area contributed by atoms with Crippen LogP contribution in [-0.4, -0.2) is 0 Å². The van der Waals surface area contributed by atoms with Crippen LogP contribution in [-0.2, 0) is 5.41 Å². The van der Waals surface area contributed by atoms with Crippen LogP contribution in [0, 0.1) is 0 Å². The summed E-state index contributed by atoms with van der Waals surface area (Å²) < 4.78 is 6.64. The summed E-state index contributed by atoms with van der Waals surface area (Å²) in [5.41, 5.74) is 17.5. The van der Waals surface area contributed by atoms with E-state index in [0.717, 1.165) is 39.0 Å². The van der Waals surface area contributed by atoms with Gasteiger partial charge in [-0.1, -0.05) is 152 Å². The lowest BCUT2D eigenvalue weighted by molar-refractivity contribution is 0.669. The van der Waals surface area contributed by atoms with Gasteiger partial charge < -0.3 is 9.32 Å². The molecular formula is C53H33NO. The molecular weight excluding hydrogens is 667 g/mol. The quantitative estimate of drug-likeness (QED) is 0.182. The monoisotopic (exact) mass is 699 g/mol. The number of nitrogens with zero attached hydrogens (tertiary/aromatic N) is 1. The number of rotatable bonds is 4. The van der Waals surface area contributed by atoms with E-state index in [1.807, 2.05) is 0 Å². The maximum Gasteiger partial charge on any atom is 0.137 e. The predicted molar refractivity (Wildman–Crippen MR) is 228 cm³/mol. The zero-order valence-electron chi connectivity index (χ0n) is 29.9. The first-order valence-electron chi connectivity index (χ1n) is 19.0. The molecule has 0 saturated heterocycles. The maximum atomic E-state index is 6.64. The number of anilines is 3. The zero-order valence-corrected chi connectivity index (χ0v) is 29.9. The minimum Gasteiger partial charge on any atom is -0.456 e. The first-order chi connectivity index (χ1) is 27.3. The van der Waals surface area contributed by atoms with Gasteiger partial charge in [-0.05, 0) is 109 Å². The Morgan fingerprint density at radius 1 is 0.345 bits per heavy atom. The molecule has 0 fully saturated rings. The Balaban J connectivity index is 1.10. The summed E-state index contributed by atoms with van der Waals surface area (Å²) in [5, 5.41) is 4.71. The highest BCUT2D eigenvalue weighted by Crippen LogP contribution is 2.63. The van der Waals surface area contributed by atoms with Crippen LogP contribution < -0.4 is 4.90 Å². The van der Waals surface area contributed by atoms with E-state index in [1.165, 1.54) is 66.4 Å². The van der Waals surface area contributed by atoms with E-state index >= 15 is 0 Å². The molecule has 0 N–H and O–H groups in total. The Morgan fingerprint density at radius 3 is 1.60 bits per heavy atom. The molecule has 0 radical (unpaired) electrons. The average molecular weight is 700 g/mol. The van der Waals surface area contributed by atoms with Gasteiger partial charge >= 0.3 is 0 Å². The van der Waals surface area contributed by atoms with Crippen LogP contribution in [0.1, 0.15) is 22.3 Å². The Kier molecular flexibility index (Phi) is 6.29. The second kappa shape index (κ2) is 11.4. The highest BCUT2D eigenvalue weighted by atomic mass is 16.3. The molecule has 1 spiro atoms. The van der Waals surface area contributed by atoms with E-state index in [4.69, 9.17) is 4.42 Å². The lowest BCUT2D eigenvalue weighted by Gasteiger charge is -2.32. The highest BCUT2D eigenvalue weighted by Gasteiger charge is 2.51. The van der Waals surface area contributed by atoms with Crippen molar-refractivity contribution < 1.29 is 4.42 Å². The minimum atomic E-state index is -0.429. The van der Waals surface area contributed by atoms with Crippen LogP contribution in [0.3, 0.4) is 0 Å². The normalized spacial score (nSPS) is 13.2. The van der Waals surface area contributed by atoms with Gasteiger partial charge in [-0.25, -0.2) is 0 Å². The van der Waals surface area contributed by atoms with E-state index in [9.17, 15) is 0 Å². The molecule has 2 nitrogen and oxygen atoms in total. The van der Waals surface area contributed by atoms with Crippen LogP contribution in [0.25, 0.3) is 66.1 Å². The summed E-state index contributed by atoms with van der Waals surface area (Å²) in [6, 6.07) is 73.2. The van der Waals surface area contributed by atoms with E-state index in [0.29, 0.717) is 0 Å². The summed E-state index contributed by atoms with van der Waals surface area (Å²) in [5.74, 6) is 0. The third-order valence-electron chi connectivity index (χ3n) is 12.1. The van der Waals surface area contributed by atoms with Crippen molar-refractivity contribution >= 4 is 49.8 Å². The number of benzene rings is 9. The van der Waals surface area contributed by atoms with E-state index in [1.54, 1.807) is 0 Å². The van der Waals surface area contributed by atoms with Crippen LogP contribution in [0.2, 0.25) is 0 Å². The van der Waals surface area contributed by atoms with Crippen molar-refractivity contribution in [2.75, 3.05) is 4.90 Å². The average Bonchev–Trinajstić information content (AvgIpc) is 3.88. The molecule has 256 valence electrons. The molecule has 9 aromatic carbocycles. The lowest BCUT2D eigenvalue weighted by atomic mass is 9.70. The Morgan fingerprint density at radius 2 is 0.891 bits per heavy atom. The molecule has 0 unspecified atom stereocenters. The van der Waals surface area contributed by atoms with E-state index in [2.05, 4.69) is 205 Å². The standard InChI is InChI=1S/C53H33NO/c1-2-12-34(13-3-1)35-22-25-37(26-23-35)54(39-28-30-45-51(33-39)55-50-31-24-36-14-4-5-15-40(36)52(45)50)38-27-29-44-43-18-8-11-21-48(43)53(49(44)32-38)46-19-9-6-16-41(46)42-17-7-10-20-47(42)53/h1-33H. The number of hydrogen-bond acceptors (Lipinski definition) is 2. The SMILES string of the molecule is c1ccc(-c2ccc(N(c3ccc4c(c3)C3(c5ccccc5-c5ccccc53)c3ccccc3-4)c3ccc4c(c3)oc3ccc5ccccc5c34)cc2)cc1. The Hall–Kier alpha value is -7.16. The minimum absolute atomic E-state index is 0.429. The number of fused-ring (bicyclic) bond motifs is 15. The van der Waals surface area contributed by atoms with Crippen molar-refractivity contribution in [2.45, 2.75) is 5.41 Å². The van der Waals surface area contributed by atoms with Gasteiger partial charge in [0.05, 0.1) is 5.41 Å². The first-order valence-corrected chi connectivity index (χ1v) is 19.0. The molecule has 10 aromatic rings. The fraction of sp³-hybridized carbons (Fsp3) is 0.0189. The van der Waals surface area contributed by atoms with Crippen molar-refractivity contribution in [3.8, 4) is 33.4 Å². The highest BCUT2D eigenvalue weighted by molar-refractivity contribution is 6.19. The summed E-state index contributed by atoms with van der Waals surface area (Å²) in [6.07, 6.45) is 0. The van der Waals surface area contributed by atoms with Gasteiger partial charge in [0.1, 0.15) is 11.2 Å². The van der Waals surface area contributed by atoms with Crippen molar-refractivity contribution in [3.63, 3.8) is 0 Å². The first kappa shape index (κ1) is 30.3. The summed E-state index contributed by atoms with van der Waals surface area (Å²) in [7, 11) is 0. The predicted octanol–water partition coefficient (Wildman–Crippen LogP) is 14.2. The molecule has 55 heavy (non-hydrogen) atoms. The molecule has 0 aliphatic heterocycles.